The second kappa shape index (κ2) is 15.5. The number of ketones is 3. The lowest BCUT2D eigenvalue weighted by atomic mass is 10.1. The van der Waals surface area contributed by atoms with E-state index in [1.54, 1.807) is 18.2 Å². The SMILES string of the molecule is O=C1C=CCC1.O=C1C=CCCC1.O=C1C=CCCCC1.O=C1C=CCCO1. The quantitative estimate of drug-likeness (QED) is 0.578. The van der Waals surface area contributed by atoms with Gasteiger partial charge in [0.1, 0.15) is 0 Å². The van der Waals surface area contributed by atoms with Crippen molar-refractivity contribution in [1.82, 2.24) is 0 Å². The van der Waals surface area contributed by atoms with Crippen LogP contribution in [-0.2, 0) is 23.9 Å². The molecule has 0 unspecified atom stereocenters. The maximum Gasteiger partial charge on any atom is 0.330 e. The van der Waals surface area contributed by atoms with E-state index in [0.29, 0.717) is 12.4 Å². The zero-order valence-corrected chi connectivity index (χ0v) is 16.4. The van der Waals surface area contributed by atoms with Crippen molar-refractivity contribution in [2.45, 2.75) is 64.2 Å². The smallest absolute Gasteiger partial charge is 0.330 e. The van der Waals surface area contributed by atoms with Crippen LogP contribution >= 0.6 is 0 Å². The third-order valence-electron chi connectivity index (χ3n) is 4.09. The second-order valence-corrected chi connectivity index (χ2v) is 6.64. The number of rotatable bonds is 0. The lowest BCUT2D eigenvalue weighted by Gasteiger charge is -2.01. The van der Waals surface area contributed by atoms with Crippen molar-refractivity contribution < 1.29 is 23.9 Å². The van der Waals surface area contributed by atoms with E-state index in [1.807, 2.05) is 24.3 Å². The number of hydrogen-bond donors (Lipinski definition) is 0. The molecule has 0 fully saturated rings. The summed E-state index contributed by atoms with van der Waals surface area (Å²) in [7, 11) is 0. The Labute approximate surface area is 167 Å². The fraction of sp³-hybridized carbons (Fsp3) is 0.478. The maximum atomic E-state index is 10.6. The van der Waals surface area contributed by atoms with Gasteiger partial charge in [-0.3, -0.25) is 14.4 Å². The highest BCUT2D eigenvalue weighted by molar-refractivity contribution is 5.91. The van der Waals surface area contributed by atoms with E-state index >= 15 is 0 Å². The summed E-state index contributed by atoms with van der Waals surface area (Å²) >= 11 is 0. The largest absolute Gasteiger partial charge is 0.462 e. The standard InChI is InChI=1S/C7H10O.C6H8O.C5H6O2.C5H6O/c8-7-5-3-1-2-4-6-7;7-6-4-2-1-3-5-6;6-5-3-1-2-4-7-5;6-5-3-1-2-4-5/h3,5H,1-2,4,6H2;2,4H,1,3,5H2;1,3H,2,4H2;1,3H,2,4H2. The molecule has 4 rings (SSSR count). The Bertz CT molecular complexity index is 609. The van der Waals surface area contributed by atoms with Gasteiger partial charge in [0.25, 0.3) is 0 Å². The molecule has 0 saturated heterocycles. The molecular formula is C23H30O5. The summed E-state index contributed by atoms with van der Waals surface area (Å²) in [6.45, 7) is 0.551. The van der Waals surface area contributed by atoms with Gasteiger partial charge in [-0.15, -0.1) is 0 Å². The first-order chi connectivity index (χ1) is 13.6. The number of cyclic esters (lactones) is 1. The van der Waals surface area contributed by atoms with Crippen molar-refractivity contribution in [3.63, 3.8) is 0 Å². The molecule has 1 heterocycles. The molecule has 0 amide bonds. The first-order valence-corrected chi connectivity index (χ1v) is 9.99. The Morgan fingerprint density at radius 3 is 1.46 bits per heavy atom. The van der Waals surface area contributed by atoms with E-state index in [4.69, 9.17) is 0 Å². The van der Waals surface area contributed by atoms with E-state index in [0.717, 1.165) is 57.8 Å². The van der Waals surface area contributed by atoms with Crippen LogP contribution in [0.2, 0.25) is 0 Å². The number of esters is 1. The number of ether oxygens (including phenoxy) is 1. The van der Waals surface area contributed by atoms with Crippen LogP contribution in [-0.4, -0.2) is 29.9 Å². The van der Waals surface area contributed by atoms with Crippen LogP contribution in [0.4, 0.5) is 0 Å². The maximum absolute atomic E-state index is 10.6. The predicted molar refractivity (Wildman–Crippen MR) is 109 cm³/mol. The first kappa shape index (κ1) is 23.5. The van der Waals surface area contributed by atoms with E-state index < -0.39 is 0 Å². The Morgan fingerprint density at radius 1 is 0.536 bits per heavy atom. The van der Waals surface area contributed by atoms with Crippen molar-refractivity contribution in [2.75, 3.05) is 6.61 Å². The molecular weight excluding hydrogens is 356 g/mol. The summed E-state index contributed by atoms with van der Waals surface area (Å²) in [6, 6.07) is 0. The van der Waals surface area contributed by atoms with Crippen LogP contribution in [0.5, 0.6) is 0 Å². The van der Waals surface area contributed by atoms with Crippen LogP contribution in [0.3, 0.4) is 0 Å². The van der Waals surface area contributed by atoms with Gasteiger partial charge in [0.05, 0.1) is 6.61 Å². The molecule has 0 aromatic rings. The molecule has 0 saturated carbocycles. The number of carbonyl (C=O) groups is 4. The molecule has 0 radical (unpaired) electrons. The first-order valence-electron chi connectivity index (χ1n) is 9.99. The fourth-order valence-electron chi connectivity index (χ4n) is 2.53. The zero-order valence-electron chi connectivity index (χ0n) is 16.4. The van der Waals surface area contributed by atoms with Crippen molar-refractivity contribution in [3.8, 4) is 0 Å². The van der Waals surface area contributed by atoms with Gasteiger partial charge in [0.2, 0.25) is 0 Å². The summed E-state index contributed by atoms with van der Waals surface area (Å²) in [5, 5.41) is 0. The summed E-state index contributed by atoms with van der Waals surface area (Å²) in [6.07, 6.45) is 23.6. The molecule has 3 aliphatic carbocycles. The Morgan fingerprint density at radius 2 is 1.07 bits per heavy atom. The number of allylic oxidation sites excluding steroid dienone is 6. The van der Waals surface area contributed by atoms with Crippen molar-refractivity contribution in [3.05, 3.63) is 48.6 Å². The predicted octanol–water partition coefficient (Wildman–Crippen LogP) is 4.38. The van der Waals surface area contributed by atoms with Crippen LogP contribution in [0.1, 0.15) is 64.2 Å². The molecule has 0 aromatic heterocycles. The normalized spacial score (nSPS) is 20.0. The number of carbonyl (C=O) groups excluding carboxylic acids is 4. The van der Waals surface area contributed by atoms with E-state index in [9.17, 15) is 19.2 Å². The van der Waals surface area contributed by atoms with Gasteiger partial charge >= 0.3 is 5.97 Å². The summed E-state index contributed by atoms with van der Waals surface area (Å²) in [5.74, 6) is 0.634. The molecule has 0 atom stereocenters. The molecule has 152 valence electrons. The van der Waals surface area contributed by atoms with Crippen LogP contribution in [0.25, 0.3) is 0 Å². The molecule has 0 bridgehead atoms. The third kappa shape index (κ3) is 13.6. The minimum atomic E-state index is -0.216. The van der Waals surface area contributed by atoms with Gasteiger partial charge in [-0.25, -0.2) is 4.79 Å². The van der Waals surface area contributed by atoms with E-state index in [2.05, 4.69) is 4.74 Å². The van der Waals surface area contributed by atoms with Gasteiger partial charge in [0, 0.05) is 31.8 Å². The average Bonchev–Trinajstić information content (AvgIpc) is 3.05. The van der Waals surface area contributed by atoms with Gasteiger partial charge in [-0.2, -0.15) is 0 Å². The Hall–Kier alpha value is -2.56. The highest BCUT2D eigenvalue weighted by Gasteiger charge is 2.00. The minimum Gasteiger partial charge on any atom is -0.462 e. The zero-order chi connectivity index (χ0) is 20.5. The summed E-state index contributed by atoms with van der Waals surface area (Å²) in [4.78, 5) is 41.3. The minimum absolute atomic E-state index is 0.216. The van der Waals surface area contributed by atoms with Gasteiger partial charge < -0.3 is 4.74 Å². The lowest BCUT2D eigenvalue weighted by molar-refractivity contribution is -0.138. The highest BCUT2D eigenvalue weighted by Crippen LogP contribution is 2.06. The van der Waals surface area contributed by atoms with Crippen molar-refractivity contribution in [1.29, 1.82) is 0 Å². The van der Waals surface area contributed by atoms with Crippen molar-refractivity contribution in [2.24, 2.45) is 0 Å². The molecule has 28 heavy (non-hydrogen) atoms. The van der Waals surface area contributed by atoms with Crippen LogP contribution in [0, 0.1) is 0 Å². The number of hydrogen-bond acceptors (Lipinski definition) is 5. The monoisotopic (exact) mass is 386 g/mol. The van der Waals surface area contributed by atoms with Gasteiger partial charge in [-0.05, 0) is 56.8 Å². The lowest BCUT2D eigenvalue weighted by Crippen LogP contribution is -2.05. The molecule has 4 aliphatic rings. The van der Waals surface area contributed by atoms with Gasteiger partial charge in [-0.1, -0.05) is 24.3 Å². The Balaban J connectivity index is 0.000000188. The van der Waals surface area contributed by atoms with Crippen LogP contribution < -0.4 is 0 Å². The molecule has 5 heteroatoms. The molecule has 5 nitrogen and oxygen atoms in total. The summed E-state index contributed by atoms with van der Waals surface area (Å²) in [5.41, 5.74) is 0. The van der Waals surface area contributed by atoms with Gasteiger partial charge in [0.15, 0.2) is 17.3 Å². The van der Waals surface area contributed by atoms with Crippen molar-refractivity contribution >= 4 is 23.3 Å². The van der Waals surface area contributed by atoms with E-state index in [-0.39, 0.29) is 17.5 Å². The Kier molecular flexibility index (Phi) is 13.0. The molecule has 1 aliphatic heterocycles. The van der Waals surface area contributed by atoms with E-state index in [1.165, 1.54) is 12.5 Å². The highest BCUT2D eigenvalue weighted by atomic mass is 16.5. The second-order valence-electron chi connectivity index (χ2n) is 6.64. The molecule has 0 N–H and O–H groups in total. The molecule has 0 aromatic carbocycles. The average molecular weight is 386 g/mol. The van der Waals surface area contributed by atoms with Crippen LogP contribution in [0.15, 0.2) is 48.6 Å². The molecule has 0 spiro atoms. The third-order valence-corrected chi connectivity index (χ3v) is 4.09. The topological polar surface area (TPSA) is 77.5 Å². The fourth-order valence-corrected chi connectivity index (χ4v) is 2.53. The summed E-state index contributed by atoms with van der Waals surface area (Å²) < 4.78 is 4.55.